The molecule has 0 saturated carbocycles. The van der Waals surface area contributed by atoms with Gasteiger partial charge in [-0.3, -0.25) is 10.3 Å². The van der Waals surface area contributed by atoms with Crippen LogP contribution in [0.25, 0.3) is 0 Å². The Bertz CT molecular complexity index is 337. The summed E-state index contributed by atoms with van der Waals surface area (Å²) in [6, 6.07) is 0. The SMILES string of the molecule is C=CCOC(=O)N[C@H](CC(C)C)N=C(C)C(=O)O. The van der Waals surface area contributed by atoms with Gasteiger partial charge in [-0.2, -0.15) is 0 Å². The number of hydrogen-bond donors (Lipinski definition) is 2. The van der Waals surface area contributed by atoms with Crippen LogP contribution < -0.4 is 5.32 Å². The maximum atomic E-state index is 11.3. The number of rotatable bonds is 7. The molecule has 0 radical (unpaired) electrons. The Morgan fingerprint density at radius 3 is 2.56 bits per heavy atom. The maximum absolute atomic E-state index is 11.3. The molecule has 0 aromatic carbocycles. The van der Waals surface area contributed by atoms with Gasteiger partial charge in [-0.15, -0.1) is 0 Å². The molecule has 102 valence electrons. The van der Waals surface area contributed by atoms with Gasteiger partial charge in [0.25, 0.3) is 0 Å². The highest BCUT2D eigenvalue weighted by Crippen LogP contribution is 2.06. The number of amides is 1. The summed E-state index contributed by atoms with van der Waals surface area (Å²) in [5.74, 6) is -0.843. The number of aliphatic imine (C=N–C) groups is 1. The van der Waals surface area contributed by atoms with Crippen LogP contribution >= 0.6 is 0 Å². The first-order valence-electron chi connectivity index (χ1n) is 5.68. The Balaban J connectivity index is 4.58. The highest BCUT2D eigenvalue weighted by molar-refractivity contribution is 6.34. The third-order valence-corrected chi connectivity index (χ3v) is 1.97. The lowest BCUT2D eigenvalue weighted by atomic mass is 10.1. The molecule has 2 N–H and O–H groups in total. The first kappa shape index (κ1) is 16.1. The van der Waals surface area contributed by atoms with Crippen LogP contribution in [0.15, 0.2) is 17.6 Å². The molecule has 0 aromatic heterocycles. The maximum Gasteiger partial charge on any atom is 0.409 e. The van der Waals surface area contributed by atoms with E-state index in [0.29, 0.717) is 6.42 Å². The highest BCUT2D eigenvalue weighted by Gasteiger charge is 2.15. The molecule has 6 nitrogen and oxygen atoms in total. The second-order valence-electron chi connectivity index (χ2n) is 4.20. The van der Waals surface area contributed by atoms with Crippen LogP contribution in [-0.4, -0.2) is 35.7 Å². The number of carbonyl (C=O) groups excluding carboxylic acids is 1. The zero-order valence-electron chi connectivity index (χ0n) is 11.0. The Hall–Kier alpha value is -1.85. The van der Waals surface area contributed by atoms with Gasteiger partial charge in [-0.25, -0.2) is 9.59 Å². The van der Waals surface area contributed by atoms with Crippen LogP contribution in [0.5, 0.6) is 0 Å². The van der Waals surface area contributed by atoms with E-state index in [2.05, 4.69) is 16.9 Å². The number of ether oxygens (including phenoxy) is 1. The third kappa shape index (κ3) is 7.43. The van der Waals surface area contributed by atoms with E-state index in [9.17, 15) is 9.59 Å². The van der Waals surface area contributed by atoms with E-state index in [1.165, 1.54) is 13.0 Å². The van der Waals surface area contributed by atoms with Gasteiger partial charge in [0, 0.05) is 0 Å². The lowest BCUT2D eigenvalue weighted by Gasteiger charge is -2.16. The summed E-state index contributed by atoms with van der Waals surface area (Å²) in [6.45, 7) is 8.81. The van der Waals surface area contributed by atoms with E-state index in [1.807, 2.05) is 13.8 Å². The van der Waals surface area contributed by atoms with Crippen molar-refractivity contribution in [2.24, 2.45) is 10.9 Å². The van der Waals surface area contributed by atoms with Crippen LogP contribution in [0.4, 0.5) is 4.79 Å². The van der Waals surface area contributed by atoms with Gasteiger partial charge in [-0.1, -0.05) is 26.5 Å². The zero-order valence-corrected chi connectivity index (χ0v) is 11.0. The highest BCUT2D eigenvalue weighted by atomic mass is 16.5. The number of nitrogens with one attached hydrogen (secondary N) is 1. The standard InChI is InChI=1S/C12H20N2O4/c1-5-6-18-12(17)14-10(7-8(2)3)13-9(4)11(15)16/h5,8,10H,1,6-7H2,2-4H3,(H,14,17)(H,15,16)/t10-/m1/s1. The minimum absolute atomic E-state index is 0.0512. The van der Waals surface area contributed by atoms with Crippen LogP contribution in [0.3, 0.4) is 0 Å². The lowest BCUT2D eigenvalue weighted by Crippen LogP contribution is -2.36. The summed E-state index contributed by atoms with van der Waals surface area (Å²) in [5.41, 5.74) is -0.0512. The number of hydrogen-bond acceptors (Lipinski definition) is 4. The quantitative estimate of drug-likeness (QED) is 0.537. The molecule has 0 aliphatic carbocycles. The number of carboxylic acids is 1. The number of carboxylic acid groups (broad SMARTS) is 1. The molecule has 6 heteroatoms. The Morgan fingerprint density at radius 1 is 1.50 bits per heavy atom. The van der Waals surface area contributed by atoms with Crippen molar-refractivity contribution in [2.75, 3.05) is 6.61 Å². The van der Waals surface area contributed by atoms with Crippen LogP contribution in [0, 0.1) is 5.92 Å². The second kappa shape index (κ2) is 8.27. The number of aliphatic carboxylic acids is 1. The molecule has 0 saturated heterocycles. The molecular weight excluding hydrogens is 236 g/mol. The van der Waals surface area contributed by atoms with Crippen LogP contribution in [0.1, 0.15) is 27.2 Å². The molecule has 0 unspecified atom stereocenters. The predicted molar refractivity (Wildman–Crippen MR) is 68.7 cm³/mol. The van der Waals surface area contributed by atoms with Crippen molar-refractivity contribution in [2.45, 2.75) is 33.4 Å². The van der Waals surface area contributed by atoms with Crippen molar-refractivity contribution in [3.8, 4) is 0 Å². The monoisotopic (exact) mass is 256 g/mol. The molecule has 0 heterocycles. The Morgan fingerprint density at radius 2 is 2.11 bits per heavy atom. The molecule has 0 aromatic rings. The van der Waals surface area contributed by atoms with Gasteiger partial charge < -0.3 is 9.84 Å². The minimum atomic E-state index is -1.11. The lowest BCUT2D eigenvalue weighted by molar-refractivity contribution is -0.129. The van der Waals surface area contributed by atoms with Crippen molar-refractivity contribution >= 4 is 17.8 Å². The molecule has 0 rings (SSSR count). The fourth-order valence-corrected chi connectivity index (χ4v) is 1.19. The molecule has 0 aliphatic rings. The minimum Gasteiger partial charge on any atom is -0.477 e. The normalized spacial score (nSPS) is 13.0. The van der Waals surface area contributed by atoms with E-state index in [0.717, 1.165) is 0 Å². The van der Waals surface area contributed by atoms with E-state index < -0.39 is 18.2 Å². The van der Waals surface area contributed by atoms with E-state index in [-0.39, 0.29) is 18.2 Å². The zero-order chi connectivity index (χ0) is 14.1. The fourth-order valence-electron chi connectivity index (χ4n) is 1.19. The second-order valence-corrected chi connectivity index (χ2v) is 4.20. The topological polar surface area (TPSA) is 88.0 Å². The predicted octanol–water partition coefficient (Wildman–Crippen LogP) is 1.82. The van der Waals surface area contributed by atoms with Crippen molar-refractivity contribution < 1.29 is 19.4 Å². The summed E-state index contributed by atoms with van der Waals surface area (Å²) in [5, 5.41) is 11.3. The first-order chi connectivity index (χ1) is 8.36. The van der Waals surface area contributed by atoms with Gasteiger partial charge in [0.2, 0.25) is 0 Å². The van der Waals surface area contributed by atoms with Gasteiger partial charge in [-0.05, 0) is 19.3 Å². The Kier molecular flexibility index (Phi) is 7.42. The van der Waals surface area contributed by atoms with Crippen molar-refractivity contribution in [3.05, 3.63) is 12.7 Å². The Labute approximate surface area is 107 Å². The van der Waals surface area contributed by atoms with Crippen LogP contribution in [0.2, 0.25) is 0 Å². The summed E-state index contributed by atoms with van der Waals surface area (Å²) >= 11 is 0. The third-order valence-electron chi connectivity index (χ3n) is 1.97. The molecule has 18 heavy (non-hydrogen) atoms. The average Bonchev–Trinajstić information content (AvgIpc) is 2.24. The fraction of sp³-hybridized carbons (Fsp3) is 0.583. The van der Waals surface area contributed by atoms with E-state index in [4.69, 9.17) is 9.84 Å². The first-order valence-corrected chi connectivity index (χ1v) is 5.68. The summed E-state index contributed by atoms with van der Waals surface area (Å²) in [4.78, 5) is 26.0. The summed E-state index contributed by atoms with van der Waals surface area (Å²) in [6.07, 6.45) is 0.747. The molecule has 1 amide bonds. The molecular formula is C12H20N2O4. The van der Waals surface area contributed by atoms with E-state index in [1.54, 1.807) is 0 Å². The summed E-state index contributed by atoms with van der Waals surface area (Å²) < 4.78 is 4.76. The van der Waals surface area contributed by atoms with Gasteiger partial charge >= 0.3 is 12.1 Å². The number of carbonyl (C=O) groups is 2. The smallest absolute Gasteiger partial charge is 0.409 e. The van der Waals surface area contributed by atoms with Gasteiger partial charge in [0.1, 0.15) is 18.5 Å². The van der Waals surface area contributed by atoms with Crippen molar-refractivity contribution in [3.63, 3.8) is 0 Å². The summed E-state index contributed by atoms with van der Waals surface area (Å²) in [7, 11) is 0. The van der Waals surface area contributed by atoms with Crippen molar-refractivity contribution in [1.29, 1.82) is 0 Å². The molecule has 0 fully saturated rings. The van der Waals surface area contributed by atoms with Crippen molar-refractivity contribution in [1.82, 2.24) is 5.32 Å². The molecule has 1 atom stereocenters. The van der Waals surface area contributed by atoms with Gasteiger partial charge in [0.15, 0.2) is 0 Å². The molecule has 0 aliphatic heterocycles. The average molecular weight is 256 g/mol. The largest absolute Gasteiger partial charge is 0.477 e. The molecule has 0 spiro atoms. The molecule has 0 bridgehead atoms. The van der Waals surface area contributed by atoms with Gasteiger partial charge in [0.05, 0.1) is 0 Å². The number of nitrogens with zero attached hydrogens (tertiary/aromatic N) is 1. The van der Waals surface area contributed by atoms with E-state index >= 15 is 0 Å². The van der Waals surface area contributed by atoms with Crippen LogP contribution in [-0.2, 0) is 9.53 Å². The number of alkyl carbamates (subject to hydrolysis) is 1.